The molecule has 0 unspecified atom stereocenters. The molecule has 2 aromatic carbocycles. The lowest BCUT2D eigenvalue weighted by molar-refractivity contribution is -0.696. The van der Waals surface area contributed by atoms with Crippen molar-refractivity contribution in [2.45, 2.75) is 13.5 Å². The van der Waals surface area contributed by atoms with Crippen LogP contribution in [0.15, 0.2) is 54.6 Å². The van der Waals surface area contributed by atoms with E-state index in [1.165, 1.54) is 0 Å². The first kappa shape index (κ1) is 22.9. The summed E-state index contributed by atoms with van der Waals surface area (Å²) in [6, 6.07) is 17.4. The van der Waals surface area contributed by atoms with Gasteiger partial charge < -0.3 is 20.0 Å². The van der Waals surface area contributed by atoms with Gasteiger partial charge in [0.1, 0.15) is 18.0 Å². The second-order valence-corrected chi connectivity index (χ2v) is 8.06. The highest BCUT2D eigenvalue weighted by atomic mass is 16.3. The molecule has 0 bridgehead atoms. The van der Waals surface area contributed by atoms with Crippen LogP contribution in [0.5, 0.6) is 11.5 Å². The van der Waals surface area contributed by atoms with Crippen LogP contribution >= 0.6 is 0 Å². The lowest BCUT2D eigenvalue weighted by Crippen LogP contribution is -2.38. The van der Waals surface area contributed by atoms with Gasteiger partial charge in [0.05, 0.1) is 0 Å². The summed E-state index contributed by atoms with van der Waals surface area (Å²) in [5, 5.41) is 20.7. The number of rotatable bonds is 7. The van der Waals surface area contributed by atoms with E-state index in [1.807, 2.05) is 105 Å². The maximum absolute atomic E-state index is 10.4. The van der Waals surface area contributed by atoms with Crippen molar-refractivity contribution < 1.29 is 14.8 Å². The Labute approximate surface area is 190 Å². The molecule has 1 aromatic heterocycles. The Bertz CT molecular complexity index is 1060. The van der Waals surface area contributed by atoms with E-state index in [1.54, 1.807) is 12.1 Å². The Hall–Kier alpha value is -3.73. The molecule has 0 saturated heterocycles. The van der Waals surface area contributed by atoms with Gasteiger partial charge >= 0.3 is 0 Å². The number of aromatic hydroxyl groups is 2. The standard InChI is InChI=1S/C27H31N3O2/c1-6-30-22(14-10-20-12-16-24(28(2)3)18-26(20)31)8-7-9-23(30)15-11-21-13-17-25(29(4)5)19-27(21)32/h7-19H,6H2,1-5H3,(H,31,32)/p+1. The van der Waals surface area contributed by atoms with Crippen molar-refractivity contribution in [3.8, 4) is 11.5 Å². The zero-order chi connectivity index (χ0) is 23.3. The Kier molecular flexibility index (Phi) is 7.21. The Morgan fingerprint density at radius 1 is 0.688 bits per heavy atom. The highest BCUT2D eigenvalue weighted by molar-refractivity contribution is 5.74. The lowest BCUT2D eigenvalue weighted by atomic mass is 10.1. The van der Waals surface area contributed by atoms with Crippen LogP contribution in [0.4, 0.5) is 11.4 Å². The number of hydrogen-bond acceptors (Lipinski definition) is 4. The second kappa shape index (κ2) is 10.1. The first-order valence-electron chi connectivity index (χ1n) is 10.7. The summed E-state index contributed by atoms with van der Waals surface area (Å²) in [4.78, 5) is 3.92. The van der Waals surface area contributed by atoms with Crippen molar-refractivity contribution in [2.24, 2.45) is 0 Å². The first-order valence-corrected chi connectivity index (χ1v) is 10.7. The Morgan fingerprint density at radius 2 is 1.12 bits per heavy atom. The molecule has 5 nitrogen and oxygen atoms in total. The van der Waals surface area contributed by atoms with Gasteiger partial charge in [-0.1, -0.05) is 0 Å². The molecule has 0 atom stereocenters. The minimum absolute atomic E-state index is 0.253. The number of hydrogen-bond donors (Lipinski definition) is 2. The number of aromatic nitrogens is 1. The summed E-state index contributed by atoms with van der Waals surface area (Å²) in [6.45, 7) is 2.89. The summed E-state index contributed by atoms with van der Waals surface area (Å²) in [5.74, 6) is 0.506. The van der Waals surface area contributed by atoms with E-state index in [0.717, 1.165) is 40.4 Å². The van der Waals surface area contributed by atoms with Crippen molar-refractivity contribution >= 4 is 35.7 Å². The van der Waals surface area contributed by atoms with Crippen LogP contribution in [-0.4, -0.2) is 38.4 Å². The number of phenols is 2. The average Bonchev–Trinajstić information content (AvgIpc) is 2.77. The second-order valence-electron chi connectivity index (χ2n) is 8.06. The van der Waals surface area contributed by atoms with Crippen molar-refractivity contribution in [1.29, 1.82) is 0 Å². The minimum Gasteiger partial charge on any atom is -0.507 e. The average molecular weight is 431 g/mol. The highest BCUT2D eigenvalue weighted by Crippen LogP contribution is 2.26. The fourth-order valence-corrected chi connectivity index (χ4v) is 3.48. The first-order chi connectivity index (χ1) is 15.3. The SMILES string of the molecule is CC[n+]1c(/C=C/c2ccc(N(C)C)cc2O)cccc1/C=C/c1ccc(N(C)C)cc1O. The summed E-state index contributed by atoms with van der Waals surface area (Å²) < 4.78 is 2.18. The van der Waals surface area contributed by atoms with Crippen molar-refractivity contribution in [2.75, 3.05) is 38.0 Å². The van der Waals surface area contributed by atoms with E-state index < -0.39 is 0 Å². The molecule has 0 fully saturated rings. The van der Waals surface area contributed by atoms with Crippen LogP contribution < -0.4 is 14.4 Å². The molecular weight excluding hydrogens is 398 g/mol. The fourth-order valence-electron chi connectivity index (χ4n) is 3.48. The van der Waals surface area contributed by atoms with Gasteiger partial charge in [0.15, 0.2) is 0 Å². The third-order valence-corrected chi connectivity index (χ3v) is 5.40. The highest BCUT2D eigenvalue weighted by Gasteiger charge is 2.11. The van der Waals surface area contributed by atoms with Gasteiger partial charge in [-0.15, -0.1) is 0 Å². The fraction of sp³-hybridized carbons (Fsp3) is 0.222. The van der Waals surface area contributed by atoms with Gasteiger partial charge in [0.25, 0.3) is 0 Å². The van der Waals surface area contributed by atoms with Crippen LogP contribution in [0.3, 0.4) is 0 Å². The van der Waals surface area contributed by atoms with Gasteiger partial charge in [-0.3, -0.25) is 0 Å². The quantitative estimate of drug-likeness (QED) is 0.525. The molecule has 0 spiro atoms. The molecule has 3 aromatic rings. The lowest BCUT2D eigenvalue weighted by Gasteiger charge is -2.13. The normalized spacial score (nSPS) is 11.4. The van der Waals surface area contributed by atoms with Crippen molar-refractivity contribution in [1.82, 2.24) is 0 Å². The zero-order valence-corrected chi connectivity index (χ0v) is 19.4. The van der Waals surface area contributed by atoms with Crippen molar-refractivity contribution in [3.05, 3.63) is 77.1 Å². The molecule has 0 aliphatic carbocycles. The van der Waals surface area contributed by atoms with Gasteiger partial charge in [-0.25, -0.2) is 0 Å². The maximum Gasteiger partial charge on any atom is 0.205 e. The van der Waals surface area contributed by atoms with Crippen LogP contribution in [0.1, 0.15) is 29.4 Å². The molecule has 5 heteroatoms. The summed E-state index contributed by atoms with van der Waals surface area (Å²) >= 11 is 0. The maximum atomic E-state index is 10.4. The van der Waals surface area contributed by atoms with E-state index in [2.05, 4.69) is 11.5 Å². The van der Waals surface area contributed by atoms with E-state index >= 15 is 0 Å². The molecule has 166 valence electrons. The zero-order valence-electron chi connectivity index (χ0n) is 19.4. The predicted molar refractivity (Wildman–Crippen MR) is 135 cm³/mol. The molecule has 0 aliphatic rings. The van der Waals surface area contributed by atoms with Gasteiger partial charge in [-0.2, -0.15) is 4.57 Å². The smallest absolute Gasteiger partial charge is 0.205 e. The van der Waals surface area contributed by atoms with Crippen LogP contribution in [-0.2, 0) is 6.54 Å². The van der Waals surface area contributed by atoms with E-state index in [9.17, 15) is 10.2 Å². The molecule has 3 rings (SSSR count). The van der Waals surface area contributed by atoms with Crippen LogP contribution in [0.2, 0.25) is 0 Å². The molecule has 0 amide bonds. The predicted octanol–water partition coefficient (Wildman–Crippen LogP) is 4.88. The number of nitrogens with zero attached hydrogens (tertiary/aromatic N) is 3. The molecule has 1 heterocycles. The van der Waals surface area contributed by atoms with Crippen molar-refractivity contribution in [3.63, 3.8) is 0 Å². The van der Waals surface area contributed by atoms with Crippen LogP contribution in [0.25, 0.3) is 24.3 Å². The molecule has 2 N–H and O–H groups in total. The topological polar surface area (TPSA) is 50.8 Å². The number of phenolic OH excluding ortho intramolecular Hbond substituents is 2. The van der Waals surface area contributed by atoms with Crippen LogP contribution in [0, 0.1) is 0 Å². The molecular formula is C27H32N3O2+. The third-order valence-electron chi connectivity index (χ3n) is 5.40. The molecule has 0 aliphatic heterocycles. The monoisotopic (exact) mass is 430 g/mol. The van der Waals surface area contributed by atoms with E-state index in [4.69, 9.17) is 0 Å². The summed E-state index contributed by atoms with van der Waals surface area (Å²) in [6.07, 6.45) is 7.87. The molecule has 0 radical (unpaired) electrons. The van der Waals surface area contributed by atoms with Gasteiger partial charge in [0, 0.05) is 87.1 Å². The summed E-state index contributed by atoms with van der Waals surface area (Å²) in [7, 11) is 7.79. The number of anilines is 2. The van der Waals surface area contributed by atoms with Gasteiger partial charge in [-0.05, 0) is 49.4 Å². The largest absolute Gasteiger partial charge is 0.507 e. The Balaban J connectivity index is 1.88. The number of benzene rings is 2. The molecule has 32 heavy (non-hydrogen) atoms. The number of pyridine rings is 1. The summed E-state index contributed by atoms with van der Waals surface area (Å²) in [5.41, 5.74) is 5.50. The van der Waals surface area contributed by atoms with E-state index in [-0.39, 0.29) is 11.5 Å². The van der Waals surface area contributed by atoms with Gasteiger partial charge in [0.2, 0.25) is 11.4 Å². The third kappa shape index (κ3) is 5.30. The minimum atomic E-state index is 0.253. The Morgan fingerprint density at radius 3 is 1.47 bits per heavy atom. The molecule has 0 saturated carbocycles. The van der Waals surface area contributed by atoms with E-state index in [0.29, 0.717) is 0 Å².